The summed E-state index contributed by atoms with van der Waals surface area (Å²) in [6.07, 6.45) is 0. The lowest BCUT2D eigenvalue weighted by molar-refractivity contribution is 0.616. The van der Waals surface area contributed by atoms with Crippen LogP contribution < -0.4 is 11.1 Å². The molecule has 0 amide bonds. The Kier molecular flexibility index (Phi) is 3.54. The molecule has 0 unspecified atom stereocenters. The van der Waals surface area contributed by atoms with E-state index in [-0.39, 0.29) is 22.8 Å². The average Bonchev–Trinajstić information content (AvgIpc) is 3.46. The second kappa shape index (κ2) is 6.67. The number of hydrogen-bond acceptors (Lipinski definition) is 6. The van der Waals surface area contributed by atoms with E-state index < -0.39 is 0 Å². The van der Waals surface area contributed by atoms with Crippen LogP contribution in [0.25, 0.3) is 66.8 Å². The van der Waals surface area contributed by atoms with Crippen LogP contribution in [-0.4, -0.2) is 18.8 Å². The SMILES string of the molecule is O=c1c2ccccc2oc2nc3ccc(-c4ccc5nc6oc7ccccc7c(=O)n6c5c4)cc3n12. The van der Waals surface area contributed by atoms with Crippen molar-refractivity contribution in [1.82, 2.24) is 18.8 Å². The molecule has 0 radical (unpaired) electrons. The maximum absolute atomic E-state index is 13.2. The topological polar surface area (TPSA) is 95.0 Å². The van der Waals surface area contributed by atoms with E-state index in [0.29, 0.717) is 44.0 Å². The van der Waals surface area contributed by atoms with E-state index in [4.69, 9.17) is 8.83 Å². The van der Waals surface area contributed by atoms with Gasteiger partial charge >= 0.3 is 11.7 Å². The minimum atomic E-state index is -0.187. The van der Waals surface area contributed by atoms with Crippen molar-refractivity contribution in [2.75, 3.05) is 0 Å². The van der Waals surface area contributed by atoms with Gasteiger partial charge in [-0.15, -0.1) is 0 Å². The molecule has 4 heterocycles. The second-order valence-electron chi connectivity index (χ2n) is 8.67. The van der Waals surface area contributed by atoms with Gasteiger partial charge in [-0.05, 0) is 59.7 Å². The van der Waals surface area contributed by atoms with Crippen molar-refractivity contribution >= 4 is 55.7 Å². The maximum atomic E-state index is 13.2. The van der Waals surface area contributed by atoms with Gasteiger partial charge in [0.15, 0.2) is 0 Å². The minimum Gasteiger partial charge on any atom is -0.424 e. The van der Waals surface area contributed by atoms with Crippen molar-refractivity contribution in [3.05, 3.63) is 106 Å². The number of imidazole rings is 2. The minimum absolute atomic E-state index is 0.187. The van der Waals surface area contributed by atoms with Crippen molar-refractivity contribution in [3.8, 4) is 11.1 Å². The molecule has 0 N–H and O–H groups in total. The maximum Gasteiger partial charge on any atom is 0.310 e. The Hall–Kier alpha value is -5.24. The average molecular weight is 470 g/mol. The van der Waals surface area contributed by atoms with Crippen molar-refractivity contribution in [2.45, 2.75) is 0 Å². The summed E-state index contributed by atoms with van der Waals surface area (Å²) in [5, 5.41) is 0.974. The summed E-state index contributed by atoms with van der Waals surface area (Å²) < 4.78 is 14.8. The third kappa shape index (κ3) is 2.47. The van der Waals surface area contributed by atoms with Crippen LogP contribution in [0.5, 0.6) is 0 Å². The summed E-state index contributed by atoms with van der Waals surface area (Å²) in [5.41, 5.74) is 4.93. The van der Waals surface area contributed by atoms with Crippen LogP contribution in [-0.2, 0) is 0 Å². The molecule has 4 aromatic heterocycles. The van der Waals surface area contributed by atoms with Crippen molar-refractivity contribution in [3.63, 3.8) is 0 Å². The van der Waals surface area contributed by atoms with E-state index in [2.05, 4.69) is 9.97 Å². The smallest absolute Gasteiger partial charge is 0.310 e. The van der Waals surface area contributed by atoms with Crippen LogP contribution in [0.4, 0.5) is 0 Å². The number of rotatable bonds is 1. The molecule has 170 valence electrons. The molecule has 0 saturated carbocycles. The van der Waals surface area contributed by atoms with Gasteiger partial charge < -0.3 is 8.83 Å². The lowest BCUT2D eigenvalue weighted by Gasteiger charge is -2.04. The molecule has 8 heteroatoms. The molecule has 0 spiro atoms. The molecule has 4 aromatic carbocycles. The van der Waals surface area contributed by atoms with E-state index in [0.717, 1.165) is 11.1 Å². The fourth-order valence-corrected chi connectivity index (χ4v) is 4.90. The number of hydrogen-bond donors (Lipinski definition) is 0. The van der Waals surface area contributed by atoms with Gasteiger partial charge in [-0.1, -0.05) is 36.4 Å². The van der Waals surface area contributed by atoms with Crippen LogP contribution in [0.1, 0.15) is 0 Å². The summed E-state index contributed by atoms with van der Waals surface area (Å²) in [6.45, 7) is 0. The highest BCUT2D eigenvalue weighted by atomic mass is 16.4. The van der Waals surface area contributed by atoms with Gasteiger partial charge in [-0.3, -0.25) is 9.59 Å². The predicted octanol–water partition coefficient (Wildman–Crippen LogP) is 5.17. The quantitative estimate of drug-likeness (QED) is 0.329. The van der Waals surface area contributed by atoms with Gasteiger partial charge in [-0.25, -0.2) is 8.80 Å². The lowest BCUT2D eigenvalue weighted by Crippen LogP contribution is -2.12. The fraction of sp³-hybridized carbons (Fsp3) is 0. The first-order valence-corrected chi connectivity index (χ1v) is 11.3. The Morgan fingerprint density at radius 1 is 0.556 bits per heavy atom. The zero-order chi connectivity index (χ0) is 24.0. The normalized spacial score (nSPS) is 12.1. The Morgan fingerprint density at radius 3 is 1.47 bits per heavy atom. The molecule has 0 fully saturated rings. The van der Waals surface area contributed by atoms with Crippen molar-refractivity contribution in [2.24, 2.45) is 0 Å². The van der Waals surface area contributed by atoms with E-state index in [1.165, 1.54) is 8.80 Å². The third-order valence-corrected chi connectivity index (χ3v) is 6.62. The van der Waals surface area contributed by atoms with Gasteiger partial charge in [-0.2, -0.15) is 9.97 Å². The molecule has 0 aliphatic rings. The van der Waals surface area contributed by atoms with E-state index in [1.807, 2.05) is 48.5 Å². The first-order valence-electron chi connectivity index (χ1n) is 11.3. The van der Waals surface area contributed by atoms with Gasteiger partial charge in [0.2, 0.25) is 0 Å². The Bertz CT molecular complexity index is 2160. The number of para-hydroxylation sites is 2. The highest BCUT2D eigenvalue weighted by molar-refractivity contribution is 5.90. The van der Waals surface area contributed by atoms with Crippen LogP contribution in [0.3, 0.4) is 0 Å². The zero-order valence-corrected chi connectivity index (χ0v) is 18.5. The first kappa shape index (κ1) is 19.1. The van der Waals surface area contributed by atoms with Gasteiger partial charge in [0, 0.05) is 0 Å². The second-order valence-corrected chi connectivity index (χ2v) is 8.67. The molecule has 36 heavy (non-hydrogen) atoms. The molecule has 0 saturated heterocycles. The van der Waals surface area contributed by atoms with E-state index in [1.54, 1.807) is 36.4 Å². The molecular weight excluding hydrogens is 456 g/mol. The number of fused-ring (bicyclic) bond motifs is 8. The molecule has 0 atom stereocenters. The van der Waals surface area contributed by atoms with E-state index in [9.17, 15) is 9.59 Å². The Labute approximate surface area is 200 Å². The summed E-state index contributed by atoms with van der Waals surface area (Å²) in [7, 11) is 0. The fourth-order valence-electron chi connectivity index (χ4n) is 4.90. The summed E-state index contributed by atoms with van der Waals surface area (Å²) in [4.78, 5) is 35.5. The van der Waals surface area contributed by atoms with Crippen LogP contribution >= 0.6 is 0 Å². The highest BCUT2D eigenvalue weighted by Gasteiger charge is 2.16. The van der Waals surface area contributed by atoms with Crippen LogP contribution in [0.15, 0.2) is 103 Å². The van der Waals surface area contributed by atoms with Gasteiger partial charge in [0.25, 0.3) is 11.1 Å². The van der Waals surface area contributed by atoms with Crippen LogP contribution in [0.2, 0.25) is 0 Å². The Balaban J connectivity index is 1.39. The van der Waals surface area contributed by atoms with Crippen molar-refractivity contribution in [1.29, 1.82) is 0 Å². The number of aromatic nitrogens is 4. The largest absolute Gasteiger partial charge is 0.424 e. The molecule has 0 bridgehead atoms. The predicted molar refractivity (Wildman–Crippen MR) is 136 cm³/mol. The van der Waals surface area contributed by atoms with Crippen molar-refractivity contribution < 1.29 is 8.83 Å². The molecular formula is C28H14N4O4. The first-order chi connectivity index (χ1) is 17.7. The number of benzene rings is 4. The lowest BCUT2D eigenvalue weighted by atomic mass is 10.0. The standard InChI is InChI=1S/C28H14N4O4/c33-25-17-5-1-3-7-23(17)35-27-29-19-11-9-15(13-21(19)31(25)27)16-10-12-20-22(14-16)32-26(34)18-6-2-4-8-24(18)36-28(32)30-20/h1-14H. The zero-order valence-electron chi connectivity index (χ0n) is 18.5. The summed E-state index contributed by atoms with van der Waals surface area (Å²) in [6, 6.07) is 25.6. The summed E-state index contributed by atoms with van der Waals surface area (Å²) in [5.74, 6) is 0.486. The Morgan fingerprint density at radius 2 is 1.00 bits per heavy atom. The molecule has 8 nitrogen and oxygen atoms in total. The monoisotopic (exact) mass is 470 g/mol. The summed E-state index contributed by atoms with van der Waals surface area (Å²) >= 11 is 0. The molecule has 8 rings (SSSR count). The molecule has 0 aliphatic carbocycles. The van der Waals surface area contributed by atoms with Crippen LogP contribution in [0, 0.1) is 0 Å². The molecule has 0 aliphatic heterocycles. The number of nitrogens with zero attached hydrogens (tertiary/aromatic N) is 4. The van der Waals surface area contributed by atoms with Gasteiger partial charge in [0.05, 0.1) is 32.8 Å². The van der Waals surface area contributed by atoms with Gasteiger partial charge in [0.1, 0.15) is 11.2 Å². The molecule has 8 aromatic rings. The third-order valence-electron chi connectivity index (χ3n) is 6.62. The highest BCUT2D eigenvalue weighted by Crippen LogP contribution is 2.29. The van der Waals surface area contributed by atoms with E-state index >= 15 is 0 Å².